The highest BCUT2D eigenvalue weighted by Crippen LogP contribution is 2.32. The second-order valence-electron chi connectivity index (χ2n) is 6.12. The van der Waals surface area contributed by atoms with Gasteiger partial charge in [-0.2, -0.15) is 0 Å². The molecule has 1 saturated carbocycles. The molecule has 0 aromatic heterocycles. The van der Waals surface area contributed by atoms with Crippen LogP contribution in [0.25, 0.3) is 0 Å². The third-order valence-corrected chi connectivity index (χ3v) is 4.59. The van der Waals surface area contributed by atoms with E-state index in [9.17, 15) is 0 Å². The van der Waals surface area contributed by atoms with E-state index in [1.54, 1.807) is 0 Å². The molecule has 1 aliphatic carbocycles. The summed E-state index contributed by atoms with van der Waals surface area (Å²) in [6.07, 6.45) is 11.9. The van der Waals surface area contributed by atoms with Crippen LogP contribution in [0.2, 0.25) is 0 Å². The summed E-state index contributed by atoms with van der Waals surface area (Å²) in [5.41, 5.74) is 9.29. The van der Waals surface area contributed by atoms with Crippen molar-refractivity contribution in [2.75, 3.05) is 0 Å². The van der Waals surface area contributed by atoms with E-state index in [2.05, 4.69) is 31.2 Å². The lowest BCUT2D eigenvalue weighted by molar-refractivity contribution is 0.382. The maximum atomic E-state index is 6.49. The lowest BCUT2D eigenvalue weighted by atomic mass is 9.87. The smallest absolute Gasteiger partial charge is 0.0323 e. The van der Waals surface area contributed by atoms with Gasteiger partial charge in [0.05, 0.1) is 0 Å². The van der Waals surface area contributed by atoms with Crippen LogP contribution in [0.5, 0.6) is 0 Å². The Kier molecular flexibility index (Phi) is 5.91. The third kappa shape index (κ3) is 4.35. The Hall–Kier alpha value is -0.820. The molecule has 0 aliphatic heterocycles. The standard InChI is InChI=1S/C18H29N/c1-2-3-8-15-11-13-17(14-12-15)18(19)16-9-6-4-5-7-10-16/h11-14,16,18H,2-10,19H2,1H3. The van der Waals surface area contributed by atoms with Gasteiger partial charge < -0.3 is 5.73 Å². The van der Waals surface area contributed by atoms with Crippen LogP contribution in [0.15, 0.2) is 24.3 Å². The minimum absolute atomic E-state index is 0.248. The summed E-state index contributed by atoms with van der Waals surface area (Å²) >= 11 is 0. The first-order valence-corrected chi connectivity index (χ1v) is 8.15. The summed E-state index contributed by atoms with van der Waals surface area (Å²) in [5.74, 6) is 0.698. The van der Waals surface area contributed by atoms with E-state index in [-0.39, 0.29) is 6.04 Å². The van der Waals surface area contributed by atoms with E-state index in [1.165, 1.54) is 68.9 Å². The van der Waals surface area contributed by atoms with Crippen molar-refractivity contribution in [3.63, 3.8) is 0 Å². The summed E-state index contributed by atoms with van der Waals surface area (Å²) in [6.45, 7) is 2.25. The molecule has 0 amide bonds. The summed E-state index contributed by atoms with van der Waals surface area (Å²) in [7, 11) is 0. The predicted octanol–water partition coefficient (Wildman–Crippen LogP) is 5.00. The van der Waals surface area contributed by atoms with Crippen molar-refractivity contribution >= 4 is 0 Å². The zero-order valence-corrected chi connectivity index (χ0v) is 12.4. The van der Waals surface area contributed by atoms with Gasteiger partial charge in [-0.05, 0) is 42.7 Å². The van der Waals surface area contributed by atoms with E-state index in [0.29, 0.717) is 5.92 Å². The second-order valence-corrected chi connectivity index (χ2v) is 6.12. The zero-order valence-electron chi connectivity index (χ0n) is 12.4. The summed E-state index contributed by atoms with van der Waals surface area (Å²) in [4.78, 5) is 0. The Morgan fingerprint density at radius 1 is 1.05 bits per heavy atom. The van der Waals surface area contributed by atoms with E-state index in [4.69, 9.17) is 5.73 Å². The molecule has 0 saturated heterocycles. The Morgan fingerprint density at radius 3 is 2.26 bits per heavy atom. The Balaban J connectivity index is 1.95. The number of aryl methyl sites for hydroxylation is 1. The average molecular weight is 259 g/mol. The molecule has 19 heavy (non-hydrogen) atoms. The van der Waals surface area contributed by atoms with Crippen LogP contribution in [-0.2, 0) is 6.42 Å². The Bertz CT molecular complexity index is 346. The summed E-state index contributed by atoms with van der Waals surface area (Å²) < 4.78 is 0. The van der Waals surface area contributed by atoms with Crippen molar-refractivity contribution in [1.82, 2.24) is 0 Å². The minimum Gasteiger partial charge on any atom is -0.324 e. The average Bonchev–Trinajstić information content (AvgIpc) is 2.74. The molecule has 2 rings (SSSR count). The van der Waals surface area contributed by atoms with Crippen molar-refractivity contribution < 1.29 is 0 Å². The van der Waals surface area contributed by atoms with Crippen molar-refractivity contribution in [2.45, 2.75) is 70.8 Å². The van der Waals surface area contributed by atoms with Gasteiger partial charge in [0, 0.05) is 6.04 Å². The van der Waals surface area contributed by atoms with Crippen molar-refractivity contribution in [1.29, 1.82) is 0 Å². The number of hydrogen-bond acceptors (Lipinski definition) is 1. The first kappa shape index (κ1) is 14.6. The van der Waals surface area contributed by atoms with Crippen LogP contribution in [0, 0.1) is 5.92 Å². The minimum atomic E-state index is 0.248. The highest BCUT2D eigenvalue weighted by atomic mass is 14.7. The molecular weight excluding hydrogens is 230 g/mol. The van der Waals surface area contributed by atoms with Gasteiger partial charge in [0.15, 0.2) is 0 Å². The normalized spacial score (nSPS) is 19.1. The van der Waals surface area contributed by atoms with Crippen LogP contribution in [0.4, 0.5) is 0 Å². The largest absolute Gasteiger partial charge is 0.324 e. The second kappa shape index (κ2) is 7.69. The Morgan fingerprint density at radius 2 is 1.68 bits per heavy atom. The number of nitrogens with two attached hydrogens (primary N) is 1. The van der Waals surface area contributed by atoms with E-state index in [0.717, 1.165) is 0 Å². The topological polar surface area (TPSA) is 26.0 Å². The maximum Gasteiger partial charge on any atom is 0.0323 e. The van der Waals surface area contributed by atoms with Gasteiger partial charge >= 0.3 is 0 Å². The molecule has 0 radical (unpaired) electrons. The molecule has 1 heteroatoms. The van der Waals surface area contributed by atoms with Crippen LogP contribution in [-0.4, -0.2) is 0 Å². The summed E-state index contributed by atoms with van der Waals surface area (Å²) in [6, 6.07) is 9.34. The predicted molar refractivity (Wildman–Crippen MR) is 83.2 cm³/mol. The van der Waals surface area contributed by atoms with Gasteiger partial charge in [0.2, 0.25) is 0 Å². The van der Waals surface area contributed by atoms with Crippen LogP contribution >= 0.6 is 0 Å². The molecule has 1 fully saturated rings. The fourth-order valence-electron chi connectivity index (χ4n) is 3.23. The summed E-state index contributed by atoms with van der Waals surface area (Å²) in [5, 5.41) is 0. The molecule has 106 valence electrons. The highest BCUT2D eigenvalue weighted by Gasteiger charge is 2.20. The molecule has 1 aromatic carbocycles. The van der Waals surface area contributed by atoms with Gasteiger partial charge in [-0.15, -0.1) is 0 Å². The van der Waals surface area contributed by atoms with E-state index < -0.39 is 0 Å². The van der Waals surface area contributed by atoms with Crippen LogP contribution in [0.3, 0.4) is 0 Å². The van der Waals surface area contributed by atoms with Crippen molar-refractivity contribution in [3.8, 4) is 0 Å². The first-order chi connectivity index (χ1) is 9.31. The first-order valence-electron chi connectivity index (χ1n) is 8.15. The molecule has 1 atom stereocenters. The van der Waals surface area contributed by atoms with Gasteiger partial charge in [0.1, 0.15) is 0 Å². The molecule has 1 aliphatic rings. The Labute approximate surface area is 118 Å². The van der Waals surface area contributed by atoms with Gasteiger partial charge in [-0.3, -0.25) is 0 Å². The quantitative estimate of drug-likeness (QED) is 0.740. The molecule has 0 bridgehead atoms. The van der Waals surface area contributed by atoms with E-state index >= 15 is 0 Å². The molecule has 1 nitrogen and oxygen atoms in total. The van der Waals surface area contributed by atoms with Crippen LogP contribution in [0.1, 0.15) is 75.5 Å². The van der Waals surface area contributed by atoms with Gasteiger partial charge in [-0.1, -0.05) is 63.3 Å². The van der Waals surface area contributed by atoms with E-state index in [1.807, 2.05) is 0 Å². The van der Waals surface area contributed by atoms with Gasteiger partial charge in [-0.25, -0.2) is 0 Å². The van der Waals surface area contributed by atoms with Crippen LogP contribution < -0.4 is 5.73 Å². The maximum absolute atomic E-state index is 6.49. The van der Waals surface area contributed by atoms with Gasteiger partial charge in [0.25, 0.3) is 0 Å². The highest BCUT2D eigenvalue weighted by molar-refractivity contribution is 5.25. The number of benzene rings is 1. The van der Waals surface area contributed by atoms with Crippen molar-refractivity contribution in [2.24, 2.45) is 11.7 Å². The number of unbranched alkanes of at least 4 members (excludes halogenated alkanes) is 1. The fourth-order valence-corrected chi connectivity index (χ4v) is 3.23. The lowest BCUT2D eigenvalue weighted by Crippen LogP contribution is -2.21. The SMILES string of the molecule is CCCCc1ccc(C(N)C2CCCCCC2)cc1. The molecular formula is C18H29N. The fraction of sp³-hybridized carbons (Fsp3) is 0.667. The van der Waals surface area contributed by atoms with Crippen molar-refractivity contribution in [3.05, 3.63) is 35.4 Å². The zero-order chi connectivity index (χ0) is 13.5. The monoisotopic (exact) mass is 259 g/mol. The number of rotatable bonds is 5. The number of hydrogen-bond donors (Lipinski definition) is 1. The third-order valence-electron chi connectivity index (χ3n) is 4.59. The molecule has 1 aromatic rings. The molecule has 0 heterocycles. The lowest BCUT2D eigenvalue weighted by Gasteiger charge is -2.23. The molecule has 2 N–H and O–H groups in total. The molecule has 1 unspecified atom stereocenters. The molecule has 0 spiro atoms.